The molecule has 0 saturated carbocycles. The number of nitrogens with zero attached hydrogens (tertiary/aromatic N) is 1. The number of aryl methyl sites for hydroxylation is 1. The smallest absolute Gasteiger partial charge is 0.0798 e. The number of allylic oxidation sites excluding steroid dienone is 2. The molecule has 0 radical (unpaired) electrons. The van der Waals surface area contributed by atoms with Crippen LogP contribution < -0.4 is 0 Å². The molecule has 1 nitrogen and oxygen atoms in total. The second-order valence-corrected chi connectivity index (χ2v) is 13.1. The summed E-state index contributed by atoms with van der Waals surface area (Å²) in [5.41, 5.74) is 4.39. The summed E-state index contributed by atoms with van der Waals surface area (Å²) in [4.78, 5) is 2.40. The highest BCUT2D eigenvalue weighted by Crippen LogP contribution is 2.37. The van der Waals surface area contributed by atoms with Gasteiger partial charge in [-0.05, 0) is 47.4 Å². The Balaban J connectivity index is 2.46. The van der Waals surface area contributed by atoms with Crippen molar-refractivity contribution < 1.29 is 0 Å². The molecule has 1 aromatic rings. The summed E-state index contributed by atoms with van der Waals surface area (Å²) >= 11 is 0. The molecule has 0 bridgehead atoms. The van der Waals surface area contributed by atoms with Gasteiger partial charge in [-0.15, -0.1) is 0 Å². The SMILES string of the molecule is Cc1ccccc1C1C=C(CC(C)C)C([Si](C)(C)C)=CN1C. The van der Waals surface area contributed by atoms with Gasteiger partial charge in [-0.25, -0.2) is 0 Å². The van der Waals surface area contributed by atoms with E-state index in [-0.39, 0.29) is 0 Å². The van der Waals surface area contributed by atoms with Gasteiger partial charge in [-0.1, -0.05) is 63.8 Å². The molecule has 0 aliphatic carbocycles. The molecule has 0 aromatic heterocycles. The lowest BCUT2D eigenvalue weighted by Crippen LogP contribution is -2.32. The van der Waals surface area contributed by atoms with Gasteiger partial charge in [0, 0.05) is 7.05 Å². The number of hydrogen-bond acceptors (Lipinski definition) is 1. The second kappa shape index (κ2) is 6.45. The van der Waals surface area contributed by atoms with Crippen molar-refractivity contribution in [2.75, 3.05) is 7.05 Å². The maximum atomic E-state index is 2.52. The van der Waals surface area contributed by atoms with Crippen LogP contribution in [0.15, 0.2) is 47.3 Å². The lowest BCUT2D eigenvalue weighted by molar-refractivity contribution is 0.382. The summed E-state index contributed by atoms with van der Waals surface area (Å²) in [5.74, 6) is 0.701. The van der Waals surface area contributed by atoms with E-state index in [1.165, 1.54) is 17.5 Å². The lowest BCUT2D eigenvalue weighted by Gasteiger charge is -2.37. The van der Waals surface area contributed by atoms with Gasteiger partial charge in [0.15, 0.2) is 0 Å². The van der Waals surface area contributed by atoms with Crippen LogP contribution in [0, 0.1) is 12.8 Å². The average Bonchev–Trinajstić information content (AvgIpc) is 2.39. The number of hydrogen-bond donors (Lipinski definition) is 0. The van der Waals surface area contributed by atoms with E-state index in [1.54, 1.807) is 10.8 Å². The molecule has 0 saturated heterocycles. The molecule has 22 heavy (non-hydrogen) atoms. The highest BCUT2D eigenvalue weighted by Gasteiger charge is 2.29. The average molecular weight is 314 g/mol. The van der Waals surface area contributed by atoms with Crippen LogP contribution >= 0.6 is 0 Å². The molecule has 1 aliphatic heterocycles. The van der Waals surface area contributed by atoms with Gasteiger partial charge in [0.2, 0.25) is 0 Å². The van der Waals surface area contributed by atoms with E-state index in [9.17, 15) is 0 Å². The third-order valence-electron chi connectivity index (χ3n) is 4.42. The fourth-order valence-corrected chi connectivity index (χ4v) is 5.03. The Morgan fingerprint density at radius 3 is 2.32 bits per heavy atom. The molecule has 1 aromatic carbocycles. The first-order valence-corrected chi connectivity index (χ1v) is 11.9. The monoisotopic (exact) mass is 313 g/mol. The quantitative estimate of drug-likeness (QED) is 0.643. The molecule has 0 fully saturated rings. The van der Waals surface area contributed by atoms with Crippen molar-refractivity contribution in [3.05, 3.63) is 58.4 Å². The summed E-state index contributed by atoms with van der Waals surface area (Å²) in [6.45, 7) is 14.2. The Morgan fingerprint density at radius 2 is 1.77 bits per heavy atom. The van der Waals surface area contributed by atoms with Gasteiger partial charge in [-0.3, -0.25) is 0 Å². The first-order chi connectivity index (χ1) is 10.2. The molecule has 0 amide bonds. The Hall–Kier alpha value is -1.28. The fourth-order valence-electron chi connectivity index (χ4n) is 3.29. The zero-order chi connectivity index (χ0) is 16.5. The topological polar surface area (TPSA) is 3.24 Å². The molecule has 1 aliphatic rings. The summed E-state index contributed by atoms with van der Waals surface area (Å²) in [6, 6.07) is 9.15. The van der Waals surface area contributed by atoms with Crippen LogP contribution in [0.5, 0.6) is 0 Å². The molecule has 0 N–H and O–H groups in total. The van der Waals surface area contributed by atoms with Crippen LogP contribution in [0.3, 0.4) is 0 Å². The van der Waals surface area contributed by atoms with E-state index < -0.39 is 8.07 Å². The van der Waals surface area contributed by atoms with Gasteiger partial charge >= 0.3 is 0 Å². The third-order valence-corrected chi connectivity index (χ3v) is 6.49. The van der Waals surface area contributed by atoms with Crippen molar-refractivity contribution in [1.29, 1.82) is 0 Å². The normalized spacial score (nSPS) is 19.3. The highest BCUT2D eigenvalue weighted by molar-refractivity contribution is 6.84. The summed E-state index contributed by atoms with van der Waals surface area (Å²) < 4.78 is 0. The van der Waals surface area contributed by atoms with E-state index >= 15 is 0 Å². The fraction of sp³-hybridized carbons (Fsp3) is 0.500. The van der Waals surface area contributed by atoms with Crippen molar-refractivity contribution in [3.8, 4) is 0 Å². The molecule has 0 spiro atoms. The van der Waals surface area contributed by atoms with E-state index in [4.69, 9.17) is 0 Å². The second-order valence-electron chi connectivity index (χ2n) is 8.05. The molecule has 2 heteroatoms. The highest BCUT2D eigenvalue weighted by atomic mass is 28.3. The first kappa shape index (κ1) is 17.1. The third kappa shape index (κ3) is 3.72. The molecule has 1 atom stereocenters. The molecule has 1 heterocycles. The number of likely N-dealkylation sites (N-methyl/N-ethyl adjacent to an activating group) is 1. The van der Waals surface area contributed by atoms with E-state index in [0.717, 1.165) is 0 Å². The maximum absolute atomic E-state index is 2.52. The number of benzene rings is 1. The van der Waals surface area contributed by atoms with Crippen molar-refractivity contribution in [2.45, 2.75) is 52.9 Å². The summed E-state index contributed by atoms with van der Waals surface area (Å²) in [6.07, 6.45) is 6.14. The minimum atomic E-state index is -1.32. The van der Waals surface area contributed by atoms with Gasteiger partial charge < -0.3 is 4.90 Å². The minimum absolute atomic E-state index is 0.370. The van der Waals surface area contributed by atoms with Crippen molar-refractivity contribution in [3.63, 3.8) is 0 Å². The van der Waals surface area contributed by atoms with Crippen LogP contribution in [0.2, 0.25) is 19.6 Å². The van der Waals surface area contributed by atoms with Gasteiger partial charge in [0.05, 0.1) is 14.1 Å². The molecule has 1 unspecified atom stereocenters. The van der Waals surface area contributed by atoms with Crippen molar-refractivity contribution in [2.24, 2.45) is 5.92 Å². The van der Waals surface area contributed by atoms with E-state index in [1.807, 2.05) is 0 Å². The minimum Gasteiger partial charge on any atom is -0.370 e. The van der Waals surface area contributed by atoms with Crippen molar-refractivity contribution >= 4 is 8.07 Å². The van der Waals surface area contributed by atoms with E-state index in [0.29, 0.717) is 12.0 Å². The predicted molar refractivity (Wildman–Crippen MR) is 101 cm³/mol. The largest absolute Gasteiger partial charge is 0.370 e. The Bertz CT molecular complexity index is 590. The standard InChI is InChI=1S/C20H31NSi/c1-15(2)12-17-13-19(18-11-9-8-10-16(18)3)21(4)14-20(17)22(5,6)7/h8-11,13-15,19H,12H2,1-7H3. The predicted octanol–water partition coefficient (Wildman–Crippen LogP) is 5.72. The number of rotatable bonds is 4. The Kier molecular flexibility index (Phi) is 5.01. The zero-order valence-corrected chi connectivity index (χ0v) is 16.3. The van der Waals surface area contributed by atoms with Crippen molar-refractivity contribution in [1.82, 2.24) is 4.90 Å². The van der Waals surface area contributed by atoms with Crippen LogP contribution in [-0.4, -0.2) is 20.0 Å². The lowest BCUT2D eigenvalue weighted by atomic mass is 9.93. The maximum Gasteiger partial charge on any atom is 0.0798 e. The first-order valence-electron chi connectivity index (χ1n) is 8.41. The van der Waals surface area contributed by atoms with Crippen LogP contribution in [0.4, 0.5) is 0 Å². The van der Waals surface area contributed by atoms with Crippen LogP contribution in [0.1, 0.15) is 37.4 Å². The van der Waals surface area contributed by atoms with Gasteiger partial charge in [-0.2, -0.15) is 0 Å². The van der Waals surface area contributed by atoms with Gasteiger partial charge in [0.25, 0.3) is 0 Å². The summed E-state index contributed by atoms with van der Waals surface area (Å²) in [5, 5.41) is 1.62. The van der Waals surface area contributed by atoms with Crippen LogP contribution in [0.25, 0.3) is 0 Å². The summed E-state index contributed by atoms with van der Waals surface area (Å²) in [7, 11) is 0.901. The van der Waals surface area contributed by atoms with Crippen LogP contribution in [-0.2, 0) is 0 Å². The van der Waals surface area contributed by atoms with Gasteiger partial charge in [0.1, 0.15) is 0 Å². The van der Waals surface area contributed by atoms with E-state index in [2.05, 4.69) is 88.9 Å². The zero-order valence-electron chi connectivity index (χ0n) is 15.3. The Morgan fingerprint density at radius 1 is 1.14 bits per heavy atom. The molecular formula is C20H31NSi. The Labute approximate surface area is 137 Å². The molecule has 120 valence electrons. The molecule has 2 rings (SSSR count). The molecular weight excluding hydrogens is 282 g/mol.